The molecule has 3 heterocycles. The molecule has 0 saturated carbocycles. The Balaban J connectivity index is 1.52. The first-order valence-corrected chi connectivity index (χ1v) is 10.3. The van der Waals surface area contributed by atoms with Crippen LogP contribution in [0.5, 0.6) is 0 Å². The smallest absolute Gasteiger partial charge is 0.382 e. The maximum Gasteiger partial charge on any atom is 0.433 e. The molecule has 4 rings (SSSR count). The number of halogens is 3. The molecule has 0 saturated heterocycles. The summed E-state index contributed by atoms with van der Waals surface area (Å²) in [4.78, 5) is 19.7. The first kappa shape index (κ1) is 23.0. The Hall–Kier alpha value is -4.19. The van der Waals surface area contributed by atoms with E-state index in [1.807, 2.05) is 13.0 Å². The molecule has 2 amide bonds. The maximum absolute atomic E-state index is 12.8. The lowest BCUT2D eigenvalue weighted by Gasteiger charge is -2.10. The minimum Gasteiger partial charge on any atom is -0.382 e. The number of alkyl halides is 3. The lowest BCUT2D eigenvalue weighted by molar-refractivity contribution is -0.141. The van der Waals surface area contributed by atoms with E-state index in [0.29, 0.717) is 23.6 Å². The summed E-state index contributed by atoms with van der Waals surface area (Å²) in [6, 6.07) is 11.4. The van der Waals surface area contributed by atoms with Gasteiger partial charge in [0.05, 0.1) is 5.69 Å². The van der Waals surface area contributed by atoms with E-state index in [0.717, 1.165) is 29.4 Å². The standard InChI is InChI=1S/C22H21F3N8O/c1-2-27-11-15-10-16(19-20(26)28-12-29-33(15)19)13-6-8-14(9-7-13)30-21(34)32-18-5-3-4-17(31-18)22(23,24)25/h3-10,12,27H,2,11H2,1H3,(H2,26,28,29)(H2,30,31,32,34). The number of fused-ring (bicyclic) bond motifs is 1. The number of pyridine rings is 1. The summed E-state index contributed by atoms with van der Waals surface area (Å²) in [5, 5.41) is 12.4. The van der Waals surface area contributed by atoms with Crippen LogP contribution in [0.25, 0.3) is 16.6 Å². The highest BCUT2D eigenvalue weighted by molar-refractivity contribution is 5.99. The molecule has 0 unspecified atom stereocenters. The fourth-order valence-electron chi connectivity index (χ4n) is 3.41. The van der Waals surface area contributed by atoms with E-state index in [1.165, 1.54) is 18.5 Å². The second kappa shape index (κ2) is 9.35. The molecule has 0 fully saturated rings. The van der Waals surface area contributed by atoms with Crippen LogP contribution in [0.4, 0.5) is 35.3 Å². The number of hydrogen-bond donors (Lipinski definition) is 4. The van der Waals surface area contributed by atoms with Crippen LogP contribution in [0.15, 0.2) is 54.9 Å². The number of nitrogens with one attached hydrogen (secondary N) is 3. The number of nitrogens with two attached hydrogens (primary N) is 1. The molecule has 34 heavy (non-hydrogen) atoms. The zero-order valence-corrected chi connectivity index (χ0v) is 18.0. The number of amides is 2. The van der Waals surface area contributed by atoms with Crippen molar-refractivity contribution in [1.29, 1.82) is 0 Å². The van der Waals surface area contributed by atoms with Crippen molar-refractivity contribution in [3.63, 3.8) is 0 Å². The number of nitrogen functional groups attached to an aromatic ring is 1. The third kappa shape index (κ3) is 4.91. The number of urea groups is 1. The number of aromatic nitrogens is 4. The molecule has 1 aromatic carbocycles. The van der Waals surface area contributed by atoms with Gasteiger partial charge in [-0.3, -0.25) is 5.32 Å². The molecule has 0 atom stereocenters. The number of benzene rings is 1. The van der Waals surface area contributed by atoms with Gasteiger partial charge in [0.1, 0.15) is 23.4 Å². The molecular formula is C22H21F3N8O. The van der Waals surface area contributed by atoms with Gasteiger partial charge in [0, 0.05) is 17.8 Å². The number of anilines is 3. The first-order chi connectivity index (χ1) is 16.3. The quantitative estimate of drug-likeness (QED) is 0.336. The molecular weight excluding hydrogens is 449 g/mol. The number of rotatable bonds is 6. The molecule has 176 valence electrons. The van der Waals surface area contributed by atoms with E-state index in [1.54, 1.807) is 28.8 Å². The van der Waals surface area contributed by atoms with Crippen LogP contribution >= 0.6 is 0 Å². The van der Waals surface area contributed by atoms with Gasteiger partial charge < -0.3 is 16.4 Å². The average molecular weight is 470 g/mol. The van der Waals surface area contributed by atoms with Crippen molar-refractivity contribution in [2.45, 2.75) is 19.6 Å². The Kier molecular flexibility index (Phi) is 6.32. The molecule has 4 aromatic rings. The maximum atomic E-state index is 12.8. The van der Waals surface area contributed by atoms with Crippen molar-refractivity contribution in [1.82, 2.24) is 24.9 Å². The van der Waals surface area contributed by atoms with Crippen LogP contribution in [0.2, 0.25) is 0 Å². The van der Waals surface area contributed by atoms with Crippen molar-refractivity contribution in [3.8, 4) is 11.1 Å². The Labute approximate surface area is 192 Å². The topological polar surface area (TPSA) is 122 Å². The lowest BCUT2D eigenvalue weighted by atomic mass is 10.1. The van der Waals surface area contributed by atoms with Crippen LogP contribution < -0.4 is 21.7 Å². The van der Waals surface area contributed by atoms with Crippen LogP contribution in [0.3, 0.4) is 0 Å². The summed E-state index contributed by atoms with van der Waals surface area (Å²) in [5.74, 6) is 0.121. The number of hydrogen-bond acceptors (Lipinski definition) is 6. The van der Waals surface area contributed by atoms with Crippen LogP contribution in [-0.2, 0) is 12.7 Å². The Morgan fingerprint density at radius 2 is 1.88 bits per heavy atom. The van der Waals surface area contributed by atoms with Crippen molar-refractivity contribution in [2.24, 2.45) is 0 Å². The summed E-state index contributed by atoms with van der Waals surface area (Å²) in [7, 11) is 0. The van der Waals surface area contributed by atoms with E-state index in [-0.39, 0.29) is 5.82 Å². The van der Waals surface area contributed by atoms with Crippen LogP contribution in [0.1, 0.15) is 18.3 Å². The summed E-state index contributed by atoms with van der Waals surface area (Å²) in [5.41, 5.74) is 8.70. The summed E-state index contributed by atoms with van der Waals surface area (Å²) >= 11 is 0. The normalized spacial score (nSPS) is 11.5. The van der Waals surface area contributed by atoms with Gasteiger partial charge >= 0.3 is 12.2 Å². The van der Waals surface area contributed by atoms with Gasteiger partial charge in [-0.1, -0.05) is 25.1 Å². The molecule has 0 bridgehead atoms. The summed E-state index contributed by atoms with van der Waals surface area (Å²) in [6.07, 6.45) is -3.21. The molecule has 0 aliphatic rings. The third-order valence-corrected chi connectivity index (χ3v) is 4.95. The van der Waals surface area contributed by atoms with Gasteiger partial charge in [0.15, 0.2) is 5.82 Å². The fourth-order valence-corrected chi connectivity index (χ4v) is 3.41. The number of nitrogens with zero attached hydrogens (tertiary/aromatic N) is 4. The van der Waals surface area contributed by atoms with Gasteiger partial charge in [-0.25, -0.2) is 19.3 Å². The van der Waals surface area contributed by atoms with Gasteiger partial charge in [0.2, 0.25) is 0 Å². The third-order valence-electron chi connectivity index (χ3n) is 4.95. The zero-order valence-electron chi connectivity index (χ0n) is 18.0. The monoisotopic (exact) mass is 470 g/mol. The predicted octanol–water partition coefficient (Wildman–Crippen LogP) is 4.15. The average Bonchev–Trinajstić information content (AvgIpc) is 3.17. The number of carbonyl (C=O) groups is 1. The molecule has 0 aliphatic heterocycles. The molecule has 3 aromatic heterocycles. The fraction of sp³-hybridized carbons (Fsp3) is 0.182. The molecule has 12 heteroatoms. The molecule has 5 N–H and O–H groups in total. The van der Waals surface area contributed by atoms with E-state index in [2.05, 4.69) is 31.0 Å². The van der Waals surface area contributed by atoms with Crippen molar-refractivity contribution in [3.05, 3.63) is 66.2 Å². The highest BCUT2D eigenvalue weighted by Crippen LogP contribution is 2.31. The molecule has 0 aliphatic carbocycles. The molecule has 0 spiro atoms. The van der Waals surface area contributed by atoms with Gasteiger partial charge in [-0.2, -0.15) is 18.3 Å². The second-order valence-electron chi connectivity index (χ2n) is 7.30. The Morgan fingerprint density at radius 3 is 2.59 bits per heavy atom. The van der Waals surface area contributed by atoms with Gasteiger partial charge in [0.25, 0.3) is 0 Å². The molecule has 9 nitrogen and oxygen atoms in total. The van der Waals surface area contributed by atoms with E-state index in [4.69, 9.17) is 5.73 Å². The van der Waals surface area contributed by atoms with Crippen LogP contribution in [0, 0.1) is 0 Å². The van der Waals surface area contributed by atoms with Crippen molar-refractivity contribution < 1.29 is 18.0 Å². The van der Waals surface area contributed by atoms with E-state index >= 15 is 0 Å². The summed E-state index contributed by atoms with van der Waals surface area (Å²) < 4.78 is 40.1. The lowest BCUT2D eigenvalue weighted by Crippen LogP contribution is -2.21. The SMILES string of the molecule is CCNCc1cc(-c2ccc(NC(=O)Nc3cccc(C(F)(F)F)n3)cc2)c2c(N)ncnn12. The molecule has 0 radical (unpaired) electrons. The first-order valence-electron chi connectivity index (χ1n) is 10.3. The highest BCUT2D eigenvalue weighted by atomic mass is 19.4. The van der Waals surface area contributed by atoms with Gasteiger partial charge in [-0.15, -0.1) is 0 Å². The largest absolute Gasteiger partial charge is 0.433 e. The Bertz CT molecular complexity index is 1320. The van der Waals surface area contributed by atoms with Gasteiger partial charge in [-0.05, 0) is 42.4 Å². The van der Waals surface area contributed by atoms with E-state index in [9.17, 15) is 18.0 Å². The highest BCUT2D eigenvalue weighted by Gasteiger charge is 2.32. The summed E-state index contributed by atoms with van der Waals surface area (Å²) in [6.45, 7) is 3.39. The minimum absolute atomic E-state index is 0.215. The second-order valence-corrected chi connectivity index (χ2v) is 7.30. The van der Waals surface area contributed by atoms with Crippen LogP contribution in [-0.4, -0.2) is 32.2 Å². The Morgan fingerprint density at radius 1 is 1.12 bits per heavy atom. The van der Waals surface area contributed by atoms with E-state index < -0.39 is 17.9 Å². The van der Waals surface area contributed by atoms with Crippen molar-refractivity contribution >= 4 is 28.9 Å². The minimum atomic E-state index is -4.60. The van der Waals surface area contributed by atoms with Crippen molar-refractivity contribution in [2.75, 3.05) is 22.9 Å². The zero-order chi connectivity index (χ0) is 24.3. The predicted molar refractivity (Wildman–Crippen MR) is 122 cm³/mol. The number of carbonyl (C=O) groups excluding carboxylic acids is 1.